The van der Waals surface area contributed by atoms with E-state index in [4.69, 9.17) is 4.99 Å². The molecule has 0 unspecified atom stereocenters. The van der Waals surface area contributed by atoms with Gasteiger partial charge in [-0.2, -0.15) is 11.8 Å². The van der Waals surface area contributed by atoms with Crippen LogP contribution in [0.15, 0.2) is 29.3 Å². The Morgan fingerprint density at radius 2 is 1.85 bits per heavy atom. The van der Waals surface area contributed by atoms with Crippen LogP contribution in [0, 0.1) is 0 Å². The molecular weight excluding hydrogens is 266 g/mol. The van der Waals surface area contributed by atoms with Crippen molar-refractivity contribution in [2.24, 2.45) is 4.99 Å². The first kappa shape index (κ1) is 13.8. The number of rotatable bonds is 2. The molecule has 4 heteroatoms. The van der Waals surface area contributed by atoms with Gasteiger partial charge in [-0.25, -0.2) is 4.99 Å². The van der Waals surface area contributed by atoms with Crippen molar-refractivity contribution in [3.8, 4) is 0 Å². The lowest BCUT2D eigenvalue weighted by Crippen LogP contribution is -2.33. The molecule has 2 heterocycles. The van der Waals surface area contributed by atoms with E-state index in [-0.39, 0.29) is 0 Å². The van der Waals surface area contributed by atoms with Gasteiger partial charge in [-0.15, -0.1) is 0 Å². The van der Waals surface area contributed by atoms with Crippen molar-refractivity contribution in [2.75, 3.05) is 43.1 Å². The molecule has 20 heavy (non-hydrogen) atoms. The van der Waals surface area contributed by atoms with Crippen LogP contribution in [0.25, 0.3) is 0 Å². The number of hydrogen-bond donors (Lipinski definition) is 0. The van der Waals surface area contributed by atoms with Crippen molar-refractivity contribution in [1.29, 1.82) is 0 Å². The Morgan fingerprint density at radius 1 is 1.05 bits per heavy atom. The average molecular weight is 289 g/mol. The van der Waals surface area contributed by atoms with E-state index >= 15 is 0 Å². The van der Waals surface area contributed by atoms with Crippen molar-refractivity contribution in [2.45, 2.75) is 19.3 Å². The smallest absolute Gasteiger partial charge is 0.105 e. The first-order chi connectivity index (χ1) is 9.84. The molecule has 108 valence electrons. The molecule has 0 aliphatic carbocycles. The third kappa shape index (κ3) is 3.11. The molecule has 2 saturated heterocycles. The number of anilines is 1. The van der Waals surface area contributed by atoms with Crippen molar-refractivity contribution >= 4 is 29.0 Å². The zero-order valence-electron chi connectivity index (χ0n) is 12.2. The van der Waals surface area contributed by atoms with E-state index in [0.29, 0.717) is 0 Å². The molecule has 0 radical (unpaired) electrons. The Bertz CT molecular complexity index is 480. The van der Waals surface area contributed by atoms with Gasteiger partial charge in [-0.05, 0) is 25.0 Å². The molecule has 0 spiro atoms. The number of hydrogen-bond acceptors (Lipinski definition) is 3. The molecule has 0 atom stereocenters. The fraction of sp³-hybridized carbons (Fsp3) is 0.562. The number of amidine groups is 1. The number of nitrogens with zero attached hydrogens (tertiary/aromatic N) is 3. The Morgan fingerprint density at radius 3 is 2.65 bits per heavy atom. The molecule has 0 N–H and O–H groups in total. The van der Waals surface area contributed by atoms with Gasteiger partial charge < -0.3 is 9.80 Å². The lowest BCUT2D eigenvalue weighted by molar-refractivity contribution is 0.434. The van der Waals surface area contributed by atoms with Crippen molar-refractivity contribution in [1.82, 2.24) is 4.90 Å². The topological polar surface area (TPSA) is 18.8 Å². The first-order valence-corrected chi connectivity index (χ1v) is 8.70. The average Bonchev–Trinajstić information content (AvgIpc) is 2.51. The molecule has 2 aliphatic rings. The number of piperidine rings is 1. The van der Waals surface area contributed by atoms with Gasteiger partial charge in [-0.3, -0.25) is 0 Å². The van der Waals surface area contributed by atoms with Crippen molar-refractivity contribution in [3.05, 3.63) is 24.3 Å². The number of para-hydroxylation sites is 2. The highest BCUT2D eigenvalue weighted by molar-refractivity contribution is 7.99. The van der Waals surface area contributed by atoms with Gasteiger partial charge in [0.15, 0.2) is 0 Å². The monoisotopic (exact) mass is 289 g/mol. The minimum Gasteiger partial charge on any atom is -0.368 e. The summed E-state index contributed by atoms with van der Waals surface area (Å²) in [5.41, 5.74) is 2.45. The van der Waals surface area contributed by atoms with Gasteiger partial charge >= 0.3 is 0 Å². The highest BCUT2D eigenvalue weighted by Crippen LogP contribution is 2.31. The summed E-state index contributed by atoms with van der Waals surface area (Å²) in [4.78, 5) is 9.77. The molecule has 2 aliphatic heterocycles. The largest absolute Gasteiger partial charge is 0.368 e. The summed E-state index contributed by atoms with van der Waals surface area (Å²) in [6, 6.07) is 8.61. The first-order valence-electron chi connectivity index (χ1n) is 7.55. The van der Waals surface area contributed by atoms with E-state index in [9.17, 15) is 0 Å². The van der Waals surface area contributed by atoms with E-state index in [1.807, 2.05) is 11.8 Å². The minimum absolute atomic E-state index is 1.11. The molecule has 0 amide bonds. The predicted octanol–water partition coefficient (Wildman–Crippen LogP) is 3.39. The fourth-order valence-electron chi connectivity index (χ4n) is 2.86. The van der Waals surface area contributed by atoms with Crippen LogP contribution in [0.3, 0.4) is 0 Å². The normalized spacial score (nSPS) is 22.4. The number of thioether (sulfide) groups is 1. The molecule has 1 aromatic rings. The molecule has 1 aromatic carbocycles. The molecule has 3 nitrogen and oxygen atoms in total. The maximum absolute atomic E-state index is 4.97. The Labute approximate surface area is 126 Å². The zero-order valence-corrected chi connectivity index (χ0v) is 13.0. The second-order valence-corrected chi connectivity index (χ2v) is 6.72. The van der Waals surface area contributed by atoms with Crippen molar-refractivity contribution in [3.63, 3.8) is 0 Å². The quantitative estimate of drug-likeness (QED) is 0.831. The number of aliphatic imine (C=N–C) groups is 1. The Balaban J connectivity index is 1.87. The summed E-state index contributed by atoms with van der Waals surface area (Å²) in [5.74, 6) is 3.70. The fourth-order valence-corrected chi connectivity index (χ4v) is 3.77. The summed E-state index contributed by atoms with van der Waals surface area (Å²) in [6.07, 6.45) is 3.67. The second-order valence-electron chi connectivity index (χ2n) is 5.49. The molecule has 0 saturated carbocycles. The van der Waals surface area contributed by atoms with Gasteiger partial charge in [0.2, 0.25) is 0 Å². The number of benzene rings is 1. The van der Waals surface area contributed by atoms with Crippen LogP contribution in [0.1, 0.15) is 19.3 Å². The van der Waals surface area contributed by atoms with Crippen LogP contribution in [-0.4, -0.2) is 48.9 Å². The van der Waals surface area contributed by atoms with Crippen LogP contribution in [-0.2, 0) is 0 Å². The third-order valence-corrected chi connectivity index (χ3v) is 5.01. The van der Waals surface area contributed by atoms with Crippen molar-refractivity contribution < 1.29 is 0 Å². The summed E-state index contributed by atoms with van der Waals surface area (Å²) in [7, 11) is 2.16. The summed E-state index contributed by atoms with van der Waals surface area (Å²) < 4.78 is 0. The highest BCUT2D eigenvalue weighted by Gasteiger charge is 2.16. The SMILES string of the molecule is CN1CCCCC1=Nc1ccccc1N1CCSCC1. The van der Waals surface area contributed by atoms with Crippen LogP contribution < -0.4 is 4.90 Å². The molecule has 0 bridgehead atoms. The molecule has 2 fully saturated rings. The maximum atomic E-state index is 4.97. The van der Waals surface area contributed by atoms with Crippen LogP contribution in [0.2, 0.25) is 0 Å². The van der Waals surface area contributed by atoms with E-state index in [1.54, 1.807) is 0 Å². The van der Waals surface area contributed by atoms with Gasteiger partial charge in [0.25, 0.3) is 0 Å². The molecular formula is C16H23N3S. The lowest BCUT2D eigenvalue weighted by atomic mass is 10.1. The van der Waals surface area contributed by atoms with Gasteiger partial charge in [0, 0.05) is 44.6 Å². The lowest BCUT2D eigenvalue weighted by Gasteiger charge is -2.30. The second kappa shape index (κ2) is 6.53. The highest BCUT2D eigenvalue weighted by atomic mass is 32.2. The minimum atomic E-state index is 1.11. The van der Waals surface area contributed by atoms with Crippen LogP contribution >= 0.6 is 11.8 Å². The van der Waals surface area contributed by atoms with Gasteiger partial charge in [-0.1, -0.05) is 12.1 Å². The van der Waals surface area contributed by atoms with E-state index in [0.717, 1.165) is 31.7 Å². The number of likely N-dealkylation sites (tertiary alicyclic amines) is 1. The van der Waals surface area contributed by atoms with E-state index in [2.05, 4.69) is 41.1 Å². The zero-order chi connectivity index (χ0) is 13.8. The van der Waals surface area contributed by atoms with E-state index in [1.165, 1.54) is 35.9 Å². The van der Waals surface area contributed by atoms with E-state index < -0.39 is 0 Å². The standard InChI is InChI=1S/C16H23N3S/c1-18-9-5-4-8-16(18)17-14-6-2-3-7-15(14)19-10-12-20-13-11-19/h2-3,6-7H,4-5,8-13H2,1H3. The van der Waals surface area contributed by atoms with Gasteiger partial charge in [0.1, 0.15) is 5.84 Å². The van der Waals surface area contributed by atoms with Crippen LogP contribution in [0.5, 0.6) is 0 Å². The summed E-state index contributed by atoms with van der Waals surface area (Å²) in [5, 5.41) is 0. The van der Waals surface area contributed by atoms with Gasteiger partial charge in [0.05, 0.1) is 11.4 Å². The molecule has 0 aromatic heterocycles. The van der Waals surface area contributed by atoms with Crippen LogP contribution in [0.4, 0.5) is 11.4 Å². The Kier molecular flexibility index (Phi) is 4.51. The summed E-state index contributed by atoms with van der Waals surface area (Å²) >= 11 is 2.05. The predicted molar refractivity (Wildman–Crippen MR) is 89.6 cm³/mol. The third-order valence-electron chi connectivity index (χ3n) is 4.07. The molecule has 3 rings (SSSR count). The maximum Gasteiger partial charge on any atom is 0.105 e. The Hall–Kier alpha value is -1.16. The summed E-state index contributed by atoms with van der Waals surface area (Å²) in [6.45, 7) is 3.42.